The van der Waals surface area contributed by atoms with Gasteiger partial charge in [-0.2, -0.15) is 5.10 Å². The second-order valence-electron chi connectivity index (χ2n) is 5.72. The van der Waals surface area contributed by atoms with Crippen LogP contribution in [0.2, 0.25) is 0 Å². The number of nitrogens with two attached hydrogens (primary N) is 1. The Bertz CT molecular complexity index is 875. The van der Waals surface area contributed by atoms with Crippen molar-refractivity contribution in [1.82, 2.24) is 19.7 Å². The number of aryl methyl sites for hydroxylation is 1. The lowest BCUT2D eigenvalue weighted by Crippen LogP contribution is -2.09. The first-order valence-electron chi connectivity index (χ1n) is 7.68. The van der Waals surface area contributed by atoms with Gasteiger partial charge in [0.2, 0.25) is 5.88 Å². The molecule has 0 unspecified atom stereocenters. The van der Waals surface area contributed by atoms with Gasteiger partial charge in [0.1, 0.15) is 11.6 Å². The van der Waals surface area contributed by atoms with E-state index in [4.69, 9.17) is 10.5 Å². The lowest BCUT2D eigenvalue weighted by molar-refractivity contribution is 0.428. The summed E-state index contributed by atoms with van der Waals surface area (Å²) in [6.07, 6.45) is 3.29. The first-order valence-corrected chi connectivity index (χ1v) is 7.68. The van der Waals surface area contributed by atoms with E-state index in [-0.39, 0.29) is 0 Å². The summed E-state index contributed by atoms with van der Waals surface area (Å²) in [6.45, 7) is 0.357. The van der Waals surface area contributed by atoms with Crippen LogP contribution in [0, 0.1) is 5.82 Å². The molecule has 8 heteroatoms. The first-order chi connectivity index (χ1) is 12.0. The standard InChI is InChI=1S/C17H19FN6O/c1-23(2)15-7-16(24(3)22-15)25-14-6-12(18)4-5-13(14)17-20-9-11(8-19)10-21-17/h4-7,9-10H,8,19H2,1-3H3. The van der Waals surface area contributed by atoms with Crippen molar-refractivity contribution in [2.45, 2.75) is 6.54 Å². The molecule has 0 amide bonds. The van der Waals surface area contributed by atoms with Crippen molar-refractivity contribution >= 4 is 5.82 Å². The van der Waals surface area contributed by atoms with Crippen LogP contribution in [0.1, 0.15) is 5.56 Å². The molecule has 25 heavy (non-hydrogen) atoms. The summed E-state index contributed by atoms with van der Waals surface area (Å²) in [5, 5.41) is 4.33. The highest BCUT2D eigenvalue weighted by molar-refractivity contribution is 5.64. The number of hydrogen-bond donors (Lipinski definition) is 1. The third-order valence-electron chi connectivity index (χ3n) is 3.62. The van der Waals surface area contributed by atoms with Crippen molar-refractivity contribution < 1.29 is 9.13 Å². The van der Waals surface area contributed by atoms with Gasteiger partial charge in [0.25, 0.3) is 0 Å². The van der Waals surface area contributed by atoms with Gasteiger partial charge in [-0.15, -0.1) is 0 Å². The number of nitrogens with zero attached hydrogens (tertiary/aromatic N) is 5. The average molecular weight is 342 g/mol. The fourth-order valence-electron chi connectivity index (χ4n) is 2.23. The zero-order valence-corrected chi connectivity index (χ0v) is 14.3. The molecule has 0 saturated heterocycles. The van der Waals surface area contributed by atoms with E-state index in [0.29, 0.717) is 29.6 Å². The predicted octanol–water partition coefficient (Wildman–Crippen LogP) is 2.33. The number of rotatable bonds is 5. The number of ether oxygens (including phenoxy) is 1. The Balaban J connectivity index is 1.99. The third kappa shape index (κ3) is 3.58. The SMILES string of the molecule is CN(C)c1cc(Oc2cc(F)ccc2-c2ncc(CN)cn2)n(C)n1. The van der Waals surface area contributed by atoms with Crippen LogP contribution in [0.5, 0.6) is 11.6 Å². The molecule has 0 fully saturated rings. The van der Waals surface area contributed by atoms with Crippen molar-refractivity contribution in [2.24, 2.45) is 12.8 Å². The smallest absolute Gasteiger partial charge is 0.219 e. The molecule has 0 radical (unpaired) electrons. The maximum Gasteiger partial charge on any atom is 0.219 e. The summed E-state index contributed by atoms with van der Waals surface area (Å²) in [7, 11) is 5.52. The minimum Gasteiger partial charge on any atom is -0.438 e. The molecular formula is C17H19FN6O. The van der Waals surface area contributed by atoms with Gasteiger partial charge in [-0.05, 0) is 12.1 Å². The molecule has 0 aliphatic heterocycles. The average Bonchev–Trinajstić information content (AvgIpc) is 2.96. The Morgan fingerprint density at radius 3 is 2.52 bits per heavy atom. The van der Waals surface area contributed by atoms with Crippen LogP contribution in [0.15, 0.2) is 36.7 Å². The summed E-state index contributed by atoms with van der Waals surface area (Å²) in [5.74, 6) is 1.55. The highest BCUT2D eigenvalue weighted by Gasteiger charge is 2.15. The van der Waals surface area contributed by atoms with Gasteiger partial charge in [0.15, 0.2) is 11.6 Å². The van der Waals surface area contributed by atoms with E-state index in [1.54, 1.807) is 36.3 Å². The summed E-state index contributed by atoms with van der Waals surface area (Å²) in [4.78, 5) is 10.4. The highest BCUT2D eigenvalue weighted by Crippen LogP contribution is 2.33. The van der Waals surface area contributed by atoms with Crippen molar-refractivity contribution in [3.05, 3.63) is 48.0 Å². The molecule has 0 aliphatic rings. The molecule has 0 saturated carbocycles. The molecule has 7 nitrogen and oxygen atoms in total. The summed E-state index contributed by atoms with van der Waals surface area (Å²) >= 11 is 0. The van der Waals surface area contributed by atoms with Crippen molar-refractivity contribution in [3.8, 4) is 23.0 Å². The molecule has 3 aromatic rings. The molecule has 0 aliphatic carbocycles. The topological polar surface area (TPSA) is 82.1 Å². The number of hydrogen-bond acceptors (Lipinski definition) is 6. The second-order valence-corrected chi connectivity index (χ2v) is 5.72. The maximum atomic E-state index is 13.8. The van der Waals surface area contributed by atoms with Gasteiger partial charge in [0, 0.05) is 57.8 Å². The van der Waals surface area contributed by atoms with E-state index < -0.39 is 5.82 Å². The fourth-order valence-corrected chi connectivity index (χ4v) is 2.23. The van der Waals surface area contributed by atoms with Gasteiger partial charge < -0.3 is 15.4 Å². The van der Waals surface area contributed by atoms with E-state index in [1.165, 1.54) is 12.1 Å². The molecular weight excluding hydrogens is 323 g/mol. The number of aromatic nitrogens is 4. The second kappa shape index (κ2) is 6.86. The maximum absolute atomic E-state index is 13.8. The summed E-state index contributed by atoms with van der Waals surface area (Å²) in [6, 6.07) is 6.01. The summed E-state index contributed by atoms with van der Waals surface area (Å²) < 4.78 is 21.2. The Morgan fingerprint density at radius 2 is 1.92 bits per heavy atom. The highest BCUT2D eigenvalue weighted by atomic mass is 19.1. The minimum absolute atomic E-state index is 0.314. The van der Waals surface area contributed by atoms with E-state index in [1.807, 2.05) is 19.0 Å². The fraction of sp³-hybridized carbons (Fsp3) is 0.235. The monoisotopic (exact) mass is 342 g/mol. The molecule has 0 atom stereocenters. The minimum atomic E-state index is -0.410. The van der Waals surface area contributed by atoms with E-state index in [9.17, 15) is 4.39 Å². The van der Waals surface area contributed by atoms with Gasteiger partial charge in [-0.3, -0.25) is 0 Å². The first kappa shape index (κ1) is 16.8. The molecule has 0 spiro atoms. The van der Waals surface area contributed by atoms with Crippen LogP contribution in [-0.2, 0) is 13.6 Å². The Hall–Kier alpha value is -3.00. The third-order valence-corrected chi connectivity index (χ3v) is 3.62. The van der Waals surface area contributed by atoms with Crippen LogP contribution >= 0.6 is 0 Å². The predicted molar refractivity (Wildman–Crippen MR) is 92.9 cm³/mol. The molecule has 2 N–H and O–H groups in total. The van der Waals surface area contributed by atoms with Crippen LogP contribution in [0.25, 0.3) is 11.4 Å². The van der Waals surface area contributed by atoms with Crippen LogP contribution in [0.3, 0.4) is 0 Å². The van der Waals surface area contributed by atoms with Gasteiger partial charge >= 0.3 is 0 Å². The summed E-state index contributed by atoms with van der Waals surface area (Å²) in [5.41, 5.74) is 6.96. The van der Waals surface area contributed by atoms with Crippen LogP contribution in [0.4, 0.5) is 10.2 Å². The zero-order valence-electron chi connectivity index (χ0n) is 14.3. The largest absolute Gasteiger partial charge is 0.438 e. The quantitative estimate of drug-likeness (QED) is 0.766. The van der Waals surface area contributed by atoms with Crippen molar-refractivity contribution in [2.75, 3.05) is 19.0 Å². The lowest BCUT2D eigenvalue weighted by Gasteiger charge is -2.10. The number of anilines is 1. The molecule has 2 aromatic heterocycles. The zero-order chi connectivity index (χ0) is 18.0. The molecule has 1 aromatic carbocycles. The van der Waals surface area contributed by atoms with Crippen molar-refractivity contribution in [1.29, 1.82) is 0 Å². The lowest BCUT2D eigenvalue weighted by atomic mass is 10.1. The number of halogens is 1. The Labute approximate surface area is 144 Å². The van der Waals surface area contributed by atoms with Crippen LogP contribution in [-0.4, -0.2) is 33.8 Å². The molecule has 3 rings (SSSR count). The van der Waals surface area contributed by atoms with E-state index in [0.717, 1.165) is 11.4 Å². The van der Waals surface area contributed by atoms with E-state index in [2.05, 4.69) is 15.1 Å². The molecule has 0 bridgehead atoms. The van der Waals surface area contributed by atoms with Crippen molar-refractivity contribution in [3.63, 3.8) is 0 Å². The molecule has 2 heterocycles. The van der Waals surface area contributed by atoms with Gasteiger partial charge in [0.05, 0.1) is 5.56 Å². The Morgan fingerprint density at radius 1 is 1.20 bits per heavy atom. The number of benzene rings is 1. The molecule has 130 valence electrons. The van der Waals surface area contributed by atoms with Gasteiger partial charge in [-0.25, -0.2) is 19.0 Å². The van der Waals surface area contributed by atoms with Crippen LogP contribution < -0.4 is 15.4 Å². The Kier molecular flexibility index (Phi) is 4.62. The van der Waals surface area contributed by atoms with E-state index >= 15 is 0 Å². The normalized spacial score (nSPS) is 10.8. The van der Waals surface area contributed by atoms with Gasteiger partial charge in [-0.1, -0.05) is 0 Å².